The number of aryl methyl sites for hydroxylation is 1. The van der Waals surface area contributed by atoms with Gasteiger partial charge in [0.15, 0.2) is 0 Å². The molecule has 0 radical (unpaired) electrons. The largest absolute Gasteiger partial charge is 0.279 e. The molecular weight excluding hydrogens is 408 g/mol. The van der Waals surface area contributed by atoms with Gasteiger partial charge in [-0.05, 0) is 36.8 Å². The van der Waals surface area contributed by atoms with Gasteiger partial charge in [0.25, 0.3) is 10.0 Å². The van der Waals surface area contributed by atoms with E-state index in [0.717, 1.165) is 22.2 Å². The Bertz CT molecular complexity index is 1380. The maximum absolute atomic E-state index is 13.5. The number of sulfonamides is 1. The van der Waals surface area contributed by atoms with E-state index in [9.17, 15) is 8.42 Å². The van der Waals surface area contributed by atoms with Crippen molar-refractivity contribution in [1.29, 1.82) is 0 Å². The molecule has 0 saturated carbocycles. The zero-order valence-corrected chi connectivity index (χ0v) is 17.7. The lowest BCUT2D eigenvalue weighted by Crippen LogP contribution is -2.28. The van der Waals surface area contributed by atoms with Crippen LogP contribution < -0.4 is 0 Å². The molecule has 0 fully saturated rings. The van der Waals surface area contributed by atoms with E-state index in [1.165, 1.54) is 4.41 Å². The van der Waals surface area contributed by atoms with Crippen molar-refractivity contribution in [2.24, 2.45) is 5.10 Å². The van der Waals surface area contributed by atoms with Gasteiger partial charge in [0, 0.05) is 6.42 Å². The van der Waals surface area contributed by atoms with E-state index >= 15 is 0 Å². The van der Waals surface area contributed by atoms with Crippen molar-refractivity contribution >= 4 is 26.8 Å². The molecule has 2 heterocycles. The van der Waals surface area contributed by atoms with Crippen LogP contribution in [0.3, 0.4) is 0 Å². The van der Waals surface area contributed by atoms with Crippen LogP contribution in [0.4, 0.5) is 0 Å². The highest BCUT2D eigenvalue weighted by Crippen LogP contribution is 2.36. The van der Waals surface area contributed by atoms with Crippen molar-refractivity contribution in [2.75, 3.05) is 0 Å². The summed E-state index contributed by atoms with van der Waals surface area (Å²) in [5.41, 5.74) is 4.65. The minimum Gasteiger partial charge on any atom is -0.253 e. The number of hydrogen-bond acceptors (Lipinski definition) is 5. The van der Waals surface area contributed by atoms with Gasteiger partial charge in [-0.2, -0.15) is 17.9 Å². The van der Waals surface area contributed by atoms with Crippen molar-refractivity contribution in [1.82, 2.24) is 14.4 Å². The summed E-state index contributed by atoms with van der Waals surface area (Å²) < 4.78 is 28.3. The summed E-state index contributed by atoms with van der Waals surface area (Å²) in [4.78, 5) is 9.41. The third kappa shape index (κ3) is 3.57. The van der Waals surface area contributed by atoms with Crippen LogP contribution in [0, 0.1) is 6.92 Å². The number of hydrazone groups is 1. The smallest absolute Gasteiger partial charge is 0.253 e. The Kier molecular flexibility index (Phi) is 4.75. The number of hydrogen-bond donors (Lipinski definition) is 0. The predicted molar refractivity (Wildman–Crippen MR) is 120 cm³/mol. The monoisotopic (exact) mass is 428 g/mol. The highest BCUT2D eigenvalue weighted by atomic mass is 32.2. The molecule has 0 bridgehead atoms. The topological polar surface area (TPSA) is 75.5 Å². The summed E-state index contributed by atoms with van der Waals surface area (Å²) in [6.45, 7) is 1.92. The van der Waals surface area contributed by atoms with Crippen LogP contribution in [-0.4, -0.2) is 28.5 Å². The second kappa shape index (κ2) is 7.59. The quantitative estimate of drug-likeness (QED) is 0.480. The first-order chi connectivity index (χ1) is 15.0. The molecule has 31 heavy (non-hydrogen) atoms. The molecule has 0 N–H and O–H groups in total. The van der Waals surface area contributed by atoms with Crippen LogP contribution >= 0.6 is 0 Å². The minimum absolute atomic E-state index is 0.204. The van der Waals surface area contributed by atoms with Crippen LogP contribution in [-0.2, 0) is 10.0 Å². The molecule has 1 aromatic heterocycles. The van der Waals surface area contributed by atoms with E-state index in [1.54, 1.807) is 30.5 Å². The standard InChI is InChI=1S/C24H20N4O2S/c1-17-11-13-19(14-12-17)31(29,30)28-24(15-22(27-28)18-7-3-2-4-8-18)23-16-25-20-9-5-6-10-21(20)26-23/h2-14,16,24H,15H2,1H3/t24-/m1/s1. The predicted octanol–water partition coefficient (Wildman–Crippen LogP) is 4.48. The second-order valence-corrected chi connectivity index (χ2v) is 9.30. The van der Waals surface area contributed by atoms with Gasteiger partial charge in [-0.1, -0.05) is 60.2 Å². The zero-order valence-electron chi connectivity index (χ0n) is 16.9. The summed E-state index contributed by atoms with van der Waals surface area (Å²) >= 11 is 0. The van der Waals surface area contributed by atoms with E-state index < -0.39 is 16.1 Å². The molecule has 4 aromatic rings. The summed E-state index contributed by atoms with van der Waals surface area (Å²) in [7, 11) is -3.87. The van der Waals surface area contributed by atoms with Crippen molar-refractivity contribution < 1.29 is 8.42 Å². The highest BCUT2D eigenvalue weighted by Gasteiger charge is 2.38. The van der Waals surface area contributed by atoms with Crippen molar-refractivity contribution in [2.45, 2.75) is 24.3 Å². The number of benzene rings is 3. The number of rotatable bonds is 4. The molecule has 0 aliphatic carbocycles. The Morgan fingerprint density at radius 3 is 2.29 bits per heavy atom. The first-order valence-electron chi connectivity index (χ1n) is 9.98. The van der Waals surface area contributed by atoms with Crippen molar-refractivity contribution in [3.63, 3.8) is 0 Å². The molecule has 5 rings (SSSR count). The van der Waals surface area contributed by atoms with Crippen LogP contribution in [0.25, 0.3) is 11.0 Å². The van der Waals surface area contributed by atoms with Crippen LogP contribution in [0.15, 0.2) is 95.1 Å². The molecule has 0 unspecified atom stereocenters. The van der Waals surface area contributed by atoms with Crippen LogP contribution in [0.2, 0.25) is 0 Å². The first-order valence-corrected chi connectivity index (χ1v) is 11.4. The van der Waals surface area contributed by atoms with Gasteiger partial charge in [0.2, 0.25) is 0 Å². The normalized spacial score (nSPS) is 16.5. The van der Waals surface area contributed by atoms with Crippen LogP contribution in [0.5, 0.6) is 0 Å². The van der Waals surface area contributed by atoms with Gasteiger partial charge in [-0.3, -0.25) is 4.98 Å². The summed E-state index contributed by atoms with van der Waals surface area (Å²) in [5.74, 6) is 0. The Hall–Kier alpha value is -3.58. The van der Waals surface area contributed by atoms with Crippen molar-refractivity contribution in [3.8, 4) is 0 Å². The van der Waals surface area contributed by atoms with E-state index in [2.05, 4.69) is 10.1 Å². The molecule has 1 aliphatic heterocycles. The molecule has 1 aliphatic rings. The van der Waals surface area contributed by atoms with Gasteiger partial charge in [0.05, 0.1) is 33.5 Å². The minimum atomic E-state index is -3.87. The maximum atomic E-state index is 13.5. The van der Waals surface area contributed by atoms with E-state index in [1.807, 2.05) is 61.5 Å². The van der Waals surface area contributed by atoms with Crippen LogP contribution in [0.1, 0.15) is 29.3 Å². The highest BCUT2D eigenvalue weighted by molar-refractivity contribution is 7.89. The lowest BCUT2D eigenvalue weighted by molar-refractivity contribution is 0.365. The summed E-state index contributed by atoms with van der Waals surface area (Å²) in [6, 6.07) is 23.4. The van der Waals surface area contributed by atoms with Crippen molar-refractivity contribution in [3.05, 3.63) is 102 Å². The lowest BCUT2D eigenvalue weighted by atomic mass is 10.0. The first kappa shape index (κ1) is 19.4. The Morgan fingerprint density at radius 1 is 0.871 bits per heavy atom. The van der Waals surface area contributed by atoms with Gasteiger partial charge in [-0.15, -0.1) is 0 Å². The molecule has 0 saturated heterocycles. The molecule has 0 spiro atoms. The SMILES string of the molecule is Cc1ccc(S(=O)(=O)N2N=C(c3ccccc3)C[C@@H]2c2cnc3ccccc3n2)cc1. The lowest BCUT2D eigenvalue weighted by Gasteiger charge is -2.22. The Labute approximate surface area is 181 Å². The fourth-order valence-electron chi connectivity index (χ4n) is 3.69. The molecule has 0 amide bonds. The van der Waals surface area contributed by atoms with Gasteiger partial charge < -0.3 is 0 Å². The van der Waals surface area contributed by atoms with Gasteiger partial charge in [-0.25, -0.2) is 4.98 Å². The molecule has 7 heteroatoms. The molecular formula is C24H20N4O2S. The maximum Gasteiger partial charge on any atom is 0.279 e. The number of fused-ring (bicyclic) bond motifs is 1. The summed E-state index contributed by atoms with van der Waals surface area (Å²) in [6.07, 6.45) is 2.07. The fraction of sp³-hybridized carbons (Fsp3) is 0.125. The molecule has 6 nitrogen and oxygen atoms in total. The average Bonchev–Trinajstić information content (AvgIpc) is 3.26. The third-order valence-corrected chi connectivity index (χ3v) is 7.05. The Morgan fingerprint density at radius 2 is 1.55 bits per heavy atom. The average molecular weight is 429 g/mol. The second-order valence-electron chi connectivity index (χ2n) is 7.51. The number of nitrogens with zero attached hydrogens (tertiary/aromatic N) is 4. The number of aromatic nitrogens is 2. The Balaban J connectivity index is 1.62. The van der Waals surface area contributed by atoms with E-state index in [0.29, 0.717) is 17.8 Å². The van der Waals surface area contributed by atoms with Gasteiger partial charge >= 0.3 is 0 Å². The van der Waals surface area contributed by atoms with E-state index in [-0.39, 0.29) is 4.90 Å². The van der Waals surface area contributed by atoms with E-state index in [4.69, 9.17) is 4.98 Å². The van der Waals surface area contributed by atoms with Gasteiger partial charge in [0.1, 0.15) is 6.04 Å². The molecule has 1 atom stereocenters. The number of para-hydroxylation sites is 2. The molecule has 3 aromatic carbocycles. The third-order valence-electron chi connectivity index (χ3n) is 5.35. The molecule has 154 valence electrons. The summed E-state index contributed by atoms with van der Waals surface area (Å²) in [5, 5.41) is 4.56. The zero-order chi connectivity index (χ0) is 21.4. The fourth-order valence-corrected chi connectivity index (χ4v) is 5.11.